The van der Waals surface area contributed by atoms with Crippen LogP contribution in [0, 0.1) is 16.7 Å². The van der Waals surface area contributed by atoms with Crippen LogP contribution in [-0.2, 0) is 47.7 Å². The molecule has 19 heteroatoms. The molecule has 4 aromatic carbocycles. The molecule has 11 atom stereocenters. The van der Waals surface area contributed by atoms with Gasteiger partial charge in [-0.05, 0) is 67.0 Å². The van der Waals surface area contributed by atoms with E-state index in [1.54, 1.807) is 97.1 Å². The number of esters is 4. The summed E-state index contributed by atoms with van der Waals surface area (Å²) in [5, 5.41) is 45.9. The molecule has 2 unspecified atom stereocenters. The van der Waals surface area contributed by atoms with Crippen molar-refractivity contribution in [3.05, 3.63) is 155 Å². The van der Waals surface area contributed by atoms with Crippen molar-refractivity contribution >= 4 is 47.4 Å². The van der Waals surface area contributed by atoms with E-state index in [-0.39, 0.29) is 46.4 Å². The van der Waals surface area contributed by atoms with Gasteiger partial charge in [-0.2, -0.15) is 0 Å². The van der Waals surface area contributed by atoms with Crippen molar-refractivity contribution in [1.29, 1.82) is 0 Å². The number of carbonyl (C=O) groups excluding carboxylic acids is 8. The summed E-state index contributed by atoms with van der Waals surface area (Å²) in [5.41, 5.74) is -7.49. The lowest BCUT2D eigenvalue weighted by molar-refractivity contribution is -0.346. The first-order valence-electron chi connectivity index (χ1n) is 24.5. The number of nitrogens with one attached hydrogen (secondary N) is 3. The molecule has 1 saturated heterocycles. The van der Waals surface area contributed by atoms with Gasteiger partial charge in [0.1, 0.15) is 42.6 Å². The quantitative estimate of drug-likeness (QED) is 0.0566. The molecule has 0 spiro atoms. The first-order valence-corrected chi connectivity index (χ1v) is 24.5. The van der Waals surface area contributed by atoms with Crippen molar-refractivity contribution in [3.63, 3.8) is 0 Å². The fourth-order valence-electron chi connectivity index (χ4n) is 11.3. The molecule has 3 amide bonds. The Balaban J connectivity index is 1.19. The number of ketones is 1. The summed E-state index contributed by atoms with van der Waals surface area (Å²) in [6.07, 6.45) is -11.3. The third-order valence-corrected chi connectivity index (χ3v) is 15.3. The lowest BCUT2D eigenvalue weighted by atomic mass is 9.44. The molecular formula is C56H59N3O16. The van der Waals surface area contributed by atoms with Gasteiger partial charge < -0.3 is 55.0 Å². The number of ether oxygens (including phenoxy) is 5. The average molecular weight is 1030 g/mol. The first kappa shape index (κ1) is 53.7. The molecule has 2 saturated carbocycles. The van der Waals surface area contributed by atoms with Crippen molar-refractivity contribution in [3.8, 4) is 0 Å². The Labute approximate surface area is 431 Å². The van der Waals surface area contributed by atoms with Crippen LogP contribution < -0.4 is 16.0 Å². The van der Waals surface area contributed by atoms with Crippen LogP contribution in [0.15, 0.2) is 132 Å². The van der Waals surface area contributed by atoms with Crippen molar-refractivity contribution < 1.29 is 77.4 Å². The monoisotopic (exact) mass is 1030 g/mol. The third-order valence-electron chi connectivity index (χ3n) is 15.3. The number of fused-ring (bicyclic) bond motifs is 5. The molecule has 0 aromatic heterocycles. The van der Waals surface area contributed by atoms with Crippen LogP contribution in [0.1, 0.15) is 90.1 Å². The minimum Gasteiger partial charge on any atom is -0.455 e. The fraction of sp³-hybridized carbons (Fsp3) is 0.393. The Kier molecular flexibility index (Phi) is 15.3. The smallest absolute Gasteiger partial charge is 0.350 e. The molecule has 0 radical (unpaired) electrons. The average Bonchev–Trinajstić information content (AvgIpc) is 3.43. The Morgan fingerprint density at radius 3 is 1.87 bits per heavy atom. The summed E-state index contributed by atoms with van der Waals surface area (Å²) in [5.74, 6) is -8.92. The second-order valence-electron chi connectivity index (χ2n) is 20.1. The highest BCUT2D eigenvalue weighted by molar-refractivity contribution is 5.97. The summed E-state index contributed by atoms with van der Waals surface area (Å²) < 4.78 is 30.5. The first-order chi connectivity index (χ1) is 35.6. The Hall–Kier alpha value is -7.58. The van der Waals surface area contributed by atoms with Gasteiger partial charge in [-0.3, -0.25) is 28.8 Å². The van der Waals surface area contributed by atoms with E-state index in [2.05, 4.69) is 16.0 Å². The number of aliphatic hydroxyl groups excluding tert-OH is 2. The molecule has 8 rings (SSSR count). The largest absolute Gasteiger partial charge is 0.455 e. The van der Waals surface area contributed by atoms with Gasteiger partial charge in [-0.1, -0.05) is 98.8 Å². The number of amides is 3. The predicted octanol–water partition coefficient (Wildman–Crippen LogP) is 3.26. The molecule has 1 aliphatic heterocycles. The Morgan fingerprint density at radius 2 is 1.31 bits per heavy atom. The zero-order valence-corrected chi connectivity index (χ0v) is 41.9. The SMILES string of the molecule is CC(=O)O[C@@]12CO[C@@H]1C[C@H](O)[C@@]1(C)C(=O)[C@H](O)C3=C(C)[C@@H](OC(=O)[C@H](OC(=O)CNC(=O)CNC(=O)c4ccccc4)[C@@H](NC(=O)c4ccccc4)c4ccccc4)C[C@@](O)(C(OC(=O)c4ccccc4)C12)C3(C)C. The maximum absolute atomic E-state index is 15.3. The van der Waals surface area contributed by atoms with Gasteiger partial charge in [0, 0.05) is 36.3 Å². The van der Waals surface area contributed by atoms with Gasteiger partial charge in [0.2, 0.25) is 12.0 Å². The van der Waals surface area contributed by atoms with Crippen molar-refractivity contribution in [2.45, 2.75) is 101 Å². The number of rotatable bonds is 15. The number of hydrogen-bond donors (Lipinski definition) is 6. The maximum atomic E-state index is 15.3. The second kappa shape index (κ2) is 21.3. The molecule has 3 fully saturated rings. The molecule has 4 aliphatic rings. The summed E-state index contributed by atoms with van der Waals surface area (Å²) in [6, 6.07) is 30.3. The molecule has 4 aromatic rings. The number of carbonyl (C=O) groups is 8. The number of aliphatic hydroxyl groups is 3. The van der Waals surface area contributed by atoms with Gasteiger partial charge in [-0.25, -0.2) is 9.59 Å². The summed E-state index contributed by atoms with van der Waals surface area (Å²) in [6.45, 7) is 5.25. The number of benzene rings is 4. The Morgan fingerprint density at radius 1 is 0.747 bits per heavy atom. The minimum absolute atomic E-state index is 0.0290. The van der Waals surface area contributed by atoms with E-state index in [1.165, 1.54) is 52.0 Å². The van der Waals surface area contributed by atoms with E-state index < -0.39 is 138 Å². The minimum atomic E-state index is -2.48. The van der Waals surface area contributed by atoms with Crippen molar-refractivity contribution in [1.82, 2.24) is 16.0 Å². The highest BCUT2D eigenvalue weighted by Gasteiger charge is 2.78. The molecular weight excluding hydrogens is 971 g/mol. The van der Waals surface area contributed by atoms with E-state index in [1.807, 2.05) is 0 Å². The fourth-order valence-corrected chi connectivity index (χ4v) is 11.3. The van der Waals surface area contributed by atoms with Crippen LogP contribution in [0.3, 0.4) is 0 Å². The van der Waals surface area contributed by atoms with Gasteiger partial charge in [-0.15, -0.1) is 0 Å². The number of Topliss-reactive ketones (excluding diaryl/α,β-unsaturated/α-hetero) is 1. The molecule has 75 heavy (non-hydrogen) atoms. The van der Waals surface area contributed by atoms with Crippen LogP contribution in [0.2, 0.25) is 0 Å². The van der Waals surface area contributed by atoms with E-state index >= 15 is 9.59 Å². The second-order valence-corrected chi connectivity index (χ2v) is 20.1. The highest BCUT2D eigenvalue weighted by Crippen LogP contribution is 2.64. The van der Waals surface area contributed by atoms with E-state index in [0.717, 1.165) is 6.92 Å². The van der Waals surface area contributed by atoms with Gasteiger partial charge in [0.25, 0.3) is 11.8 Å². The zero-order valence-electron chi connectivity index (χ0n) is 41.9. The van der Waals surface area contributed by atoms with E-state index in [9.17, 15) is 44.1 Å². The number of hydrogen-bond acceptors (Lipinski definition) is 16. The summed E-state index contributed by atoms with van der Waals surface area (Å²) >= 11 is 0. The van der Waals surface area contributed by atoms with Crippen molar-refractivity contribution in [2.24, 2.45) is 16.7 Å². The van der Waals surface area contributed by atoms with Crippen LogP contribution in [0.4, 0.5) is 0 Å². The van der Waals surface area contributed by atoms with Crippen LogP contribution in [0.5, 0.6) is 0 Å². The van der Waals surface area contributed by atoms with Crippen molar-refractivity contribution in [2.75, 3.05) is 19.7 Å². The van der Waals surface area contributed by atoms with Gasteiger partial charge in [0.05, 0.1) is 36.2 Å². The van der Waals surface area contributed by atoms with Crippen LogP contribution in [0.25, 0.3) is 0 Å². The van der Waals surface area contributed by atoms with Gasteiger partial charge in [0.15, 0.2) is 11.4 Å². The van der Waals surface area contributed by atoms with Crippen LogP contribution in [-0.4, -0.2) is 130 Å². The van der Waals surface area contributed by atoms with Crippen LogP contribution >= 0.6 is 0 Å². The molecule has 19 nitrogen and oxygen atoms in total. The molecule has 394 valence electrons. The standard InChI is InChI=1S/C56H59N3O16/c1-31-37(27-56(70)48(74-51(68)36-24-16-9-17-25-36)46-54(5,47(65)44(64)42(31)53(56,3)4)38(61)26-39-55(46,30-71-39)75-32(2)60)72-52(69)45(43(33-18-10-6-11-19-33)59-50(67)35-22-14-8-15-23-35)73-41(63)29-57-40(62)28-58-49(66)34-20-12-7-13-21-34/h6-25,37-39,43-46,48,61,64,70H,26-30H2,1-5H3,(H,57,62)(H,58,66)(H,59,67)/t37-,38-,39+,43-,44+,45+,46?,48?,54+,55-,56+/m0/s1. The molecule has 1 heterocycles. The normalized spacial score (nSPS) is 28.1. The molecule has 3 aliphatic carbocycles. The predicted molar refractivity (Wildman–Crippen MR) is 264 cm³/mol. The van der Waals surface area contributed by atoms with E-state index in [0.29, 0.717) is 0 Å². The third kappa shape index (κ3) is 10.1. The lowest BCUT2D eigenvalue weighted by Gasteiger charge is -2.67. The topological polar surface area (TPSA) is 279 Å². The maximum Gasteiger partial charge on any atom is 0.350 e. The van der Waals surface area contributed by atoms with E-state index in [4.69, 9.17) is 23.7 Å². The highest BCUT2D eigenvalue weighted by atomic mass is 16.6. The molecule has 2 bridgehead atoms. The zero-order chi connectivity index (χ0) is 54.0. The summed E-state index contributed by atoms with van der Waals surface area (Å²) in [4.78, 5) is 111. The Bertz CT molecular complexity index is 2880. The molecule has 6 N–H and O–H groups in total. The van der Waals surface area contributed by atoms with Gasteiger partial charge >= 0.3 is 23.9 Å². The summed E-state index contributed by atoms with van der Waals surface area (Å²) in [7, 11) is 0. The lowest BCUT2D eigenvalue weighted by Crippen LogP contribution is -2.81.